The molecular weight excluding hydrogens is 232 g/mol. The van der Waals surface area contributed by atoms with Crippen LogP contribution in [-0.2, 0) is 4.52 Å². The largest absolute Gasteiger partial charge is 0.421 e. The first-order chi connectivity index (χ1) is 5.35. The van der Waals surface area contributed by atoms with E-state index < -0.39 is 23.4 Å². The predicted molar refractivity (Wildman–Crippen MR) is 45.7 cm³/mol. The summed E-state index contributed by atoms with van der Waals surface area (Å²) in [5.74, 6) is 0. The smallest absolute Gasteiger partial charge is 0.332 e. The molecule has 0 fully saturated rings. The van der Waals surface area contributed by atoms with E-state index in [-0.39, 0.29) is 0 Å². The van der Waals surface area contributed by atoms with E-state index in [4.69, 9.17) is 0 Å². The summed E-state index contributed by atoms with van der Waals surface area (Å²) in [7, 11) is -9.62. The molecule has 0 aromatic carbocycles. The van der Waals surface area contributed by atoms with Gasteiger partial charge in [-0.05, 0) is 0 Å². The Bertz CT molecular complexity index is 318. The summed E-state index contributed by atoms with van der Waals surface area (Å²) in [6, 6.07) is 0. The second-order valence-electron chi connectivity index (χ2n) is 2.04. The number of hydrogen-bond donors (Lipinski definition) is 0. The van der Waals surface area contributed by atoms with Gasteiger partial charge in [-0.25, -0.2) is 0 Å². The number of hydrogen-bond acceptors (Lipinski definition) is 4. The summed E-state index contributed by atoms with van der Waals surface area (Å²) in [4.78, 5) is 0. The van der Waals surface area contributed by atoms with Gasteiger partial charge in [-0.1, -0.05) is 0 Å². The van der Waals surface area contributed by atoms with Crippen molar-refractivity contribution in [1.82, 2.24) is 0 Å². The van der Waals surface area contributed by atoms with Gasteiger partial charge in [0.1, 0.15) is 0 Å². The van der Waals surface area contributed by atoms with Crippen molar-refractivity contribution in [2.75, 3.05) is 13.8 Å². The first-order valence-corrected chi connectivity index (χ1v) is 7.63. The monoisotopic (exact) mass is 239 g/mol. The van der Waals surface area contributed by atoms with Crippen LogP contribution in [0.3, 0.4) is 0 Å². The molecule has 0 spiro atoms. The van der Waals surface area contributed by atoms with Gasteiger partial charge in [0.25, 0.3) is 0 Å². The van der Waals surface area contributed by atoms with Crippen molar-refractivity contribution in [2.45, 2.75) is 0 Å². The fraction of sp³-hybridized carbons (Fsp3) is 1.00. The van der Waals surface area contributed by atoms with Crippen LogP contribution in [0.1, 0.15) is 0 Å². The Morgan fingerprint density at radius 3 is 2.33 bits per heavy atom. The van der Waals surface area contributed by atoms with Crippen molar-refractivity contribution < 1.29 is 17.1 Å². The van der Waals surface area contributed by atoms with Crippen LogP contribution < -0.4 is 0 Å². The van der Waals surface area contributed by atoms with Crippen LogP contribution in [-0.4, -0.2) is 13.8 Å². The highest BCUT2D eigenvalue weighted by atomic mass is 31.3. The highest BCUT2D eigenvalue weighted by Crippen LogP contribution is 2.74. The Labute approximate surface area is 68.7 Å². The first-order valence-electron chi connectivity index (χ1n) is 2.81. The van der Waals surface area contributed by atoms with Gasteiger partial charge >= 0.3 is 7.83 Å². The summed E-state index contributed by atoms with van der Waals surface area (Å²) < 4.78 is 51.7. The second-order valence-corrected chi connectivity index (χ2v) is 7.86. The molecule has 0 saturated carbocycles. The molecule has 4 nitrogen and oxygen atoms in total. The van der Waals surface area contributed by atoms with E-state index in [1.165, 1.54) is 7.11 Å². The number of halogens is 3. The maximum Gasteiger partial charge on any atom is 0.421 e. The van der Waals surface area contributed by atoms with E-state index >= 15 is 0 Å². The summed E-state index contributed by atoms with van der Waals surface area (Å²) in [6.07, 6.45) is 0. The van der Waals surface area contributed by atoms with Crippen molar-refractivity contribution in [2.24, 2.45) is 13.5 Å². The molecule has 0 aromatic heterocycles. The quantitative estimate of drug-likeness (QED) is 0.625. The van der Waals surface area contributed by atoms with Crippen LogP contribution in [0.4, 0.5) is 12.6 Å². The Hall–Kier alpha value is 0.440. The molecule has 0 aromatic rings. The van der Waals surface area contributed by atoms with E-state index in [2.05, 4.69) is 18.1 Å². The molecule has 72 valence electrons. The van der Waals surface area contributed by atoms with Crippen molar-refractivity contribution >= 4 is 23.4 Å². The highest BCUT2D eigenvalue weighted by Gasteiger charge is 2.27. The van der Waals surface area contributed by atoms with Gasteiger partial charge in [0, 0.05) is 13.8 Å². The zero-order valence-corrected chi connectivity index (χ0v) is 9.07. The minimum Gasteiger partial charge on any atom is -0.332 e. The topological polar surface area (TPSA) is 46.3 Å². The van der Waals surface area contributed by atoms with Gasteiger partial charge < -0.3 is 4.52 Å². The van der Waals surface area contributed by atoms with Crippen molar-refractivity contribution in [3.63, 3.8) is 0 Å². The Morgan fingerprint density at radius 2 is 1.92 bits per heavy atom. The molecule has 1 rings (SSSR count). The van der Waals surface area contributed by atoms with Crippen LogP contribution in [0.15, 0.2) is 13.5 Å². The Balaban J connectivity index is 3.25. The highest BCUT2D eigenvalue weighted by molar-refractivity contribution is 7.76. The molecule has 1 aliphatic heterocycles. The number of rotatable bonds is 1. The lowest BCUT2D eigenvalue weighted by Gasteiger charge is -2.12. The number of nitrogens with zero attached hydrogens (tertiary/aromatic N) is 3. The van der Waals surface area contributed by atoms with Gasteiger partial charge in [0.15, 0.2) is 8.09 Å². The van der Waals surface area contributed by atoms with E-state index in [9.17, 15) is 12.6 Å². The van der Waals surface area contributed by atoms with Crippen molar-refractivity contribution in [3.05, 3.63) is 0 Å². The molecule has 0 amide bonds. The maximum absolute atomic E-state index is 13.0. The fourth-order valence-corrected chi connectivity index (χ4v) is 6.45. The van der Waals surface area contributed by atoms with E-state index in [1.54, 1.807) is 0 Å². The molecule has 2 unspecified atom stereocenters. The van der Waals surface area contributed by atoms with Crippen LogP contribution in [0, 0.1) is 0 Å². The minimum atomic E-state index is -4.78. The lowest BCUT2D eigenvalue weighted by Crippen LogP contribution is -1.71. The molecule has 0 N–H and O–H groups in total. The molecule has 12 heavy (non-hydrogen) atoms. The normalized spacial score (nSPS) is 39.2. The second kappa shape index (κ2) is 3.30. The zero-order chi connectivity index (χ0) is 9.41. The van der Waals surface area contributed by atoms with Gasteiger partial charge in [-0.15, -0.1) is 8.39 Å². The Morgan fingerprint density at radius 1 is 1.33 bits per heavy atom. The zero-order valence-electron chi connectivity index (χ0n) is 6.28. The lowest BCUT2D eigenvalue weighted by molar-refractivity contribution is 0.469. The van der Waals surface area contributed by atoms with Gasteiger partial charge in [0.2, 0.25) is 7.52 Å². The minimum absolute atomic E-state index is 0.972. The summed E-state index contributed by atoms with van der Waals surface area (Å²) in [5.41, 5.74) is 0. The molecule has 1 heterocycles. The molecule has 0 bridgehead atoms. The Kier molecular flexibility index (Phi) is 2.89. The van der Waals surface area contributed by atoms with Crippen LogP contribution in [0.5, 0.6) is 0 Å². The fourth-order valence-electron chi connectivity index (χ4n) is 0.597. The van der Waals surface area contributed by atoms with Gasteiger partial charge in [-0.3, -0.25) is 0 Å². The molecule has 0 saturated heterocycles. The van der Waals surface area contributed by atoms with E-state index in [0.717, 1.165) is 6.66 Å². The average Bonchev–Trinajstić information content (AvgIpc) is 1.80. The van der Waals surface area contributed by atoms with E-state index in [1.807, 2.05) is 0 Å². The summed E-state index contributed by atoms with van der Waals surface area (Å²) in [6.45, 7) is 0.972. The SMILES string of the molecule is CO[PH]1=NP(F)(F)=NP(C)(F)=N1. The standard InChI is InChI=1S/C2H7F3N3OP3/c1-9-10-6-11(2,3)8-12(4,5)7-10/h10H,1-2H3. The van der Waals surface area contributed by atoms with Crippen LogP contribution in [0.25, 0.3) is 0 Å². The van der Waals surface area contributed by atoms with Crippen molar-refractivity contribution in [1.29, 1.82) is 0 Å². The first kappa shape index (κ1) is 10.5. The lowest BCUT2D eigenvalue weighted by atomic mass is 11.8. The van der Waals surface area contributed by atoms with Crippen LogP contribution in [0.2, 0.25) is 0 Å². The summed E-state index contributed by atoms with van der Waals surface area (Å²) in [5, 5.41) is 0. The maximum atomic E-state index is 13.0. The molecule has 2 atom stereocenters. The predicted octanol–water partition coefficient (Wildman–Crippen LogP) is 4.39. The van der Waals surface area contributed by atoms with Crippen molar-refractivity contribution in [3.8, 4) is 0 Å². The third-order valence-electron chi connectivity index (χ3n) is 0.927. The molecule has 0 aliphatic carbocycles. The molecular formula is C2H7F3N3OP3. The summed E-state index contributed by atoms with van der Waals surface area (Å²) >= 11 is 0. The van der Waals surface area contributed by atoms with Gasteiger partial charge in [0.05, 0.1) is 0 Å². The average molecular weight is 239 g/mol. The third kappa shape index (κ3) is 2.74. The molecule has 10 heteroatoms. The van der Waals surface area contributed by atoms with E-state index in [0.29, 0.717) is 0 Å². The molecule has 1 aliphatic rings. The molecule has 0 radical (unpaired) electrons. The van der Waals surface area contributed by atoms with Crippen LogP contribution >= 0.6 is 23.4 Å². The van der Waals surface area contributed by atoms with Gasteiger partial charge in [-0.2, -0.15) is 17.7 Å². The third-order valence-corrected chi connectivity index (χ3v) is 7.25.